The second kappa shape index (κ2) is 12.4. The summed E-state index contributed by atoms with van der Waals surface area (Å²) in [6.45, 7) is 1.55. The molecule has 0 spiro atoms. The monoisotopic (exact) mass is 581 g/mol. The molecule has 2 atom stereocenters. The van der Waals surface area contributed by atoms with Crippen molar-refractivity contribution in [2.45, 2.75) is 25.6 Å². The van der Waals surface area contributed by atoms with Gasteiger partial charge in [-0.25, -0.2) is 13.6 Å². The van der Waals surface area contributed by atoms with Gasteiger partial charge in [-0.05, 0) is 36.8 Å². The van der Waals surface area contributed by atoms with E-state index in [4.69, 9.17) is 0 Å². The summed E-state index contributed by atoms with van der Waals surface area (Å²) < 4.78 is 27.6. The Balaban J connectivity index is 1.67. The summed E-state index contributed by atoms with van der Waals surface area (Å²) in [7, 11) is 0. The molecule has 4 amide bonds. The van der Waals surface area contributed by atoms with E-state index in [1.807, 2.05) is 6.92 Å². The van der Waals surface area contributed by atoms with Gasteiger partial charge >= 0.3 is 12.0 Å². The van der Waals surface area contributed by atoms with Crippen molar-refractivity contribution < 1.29 is 38.0 Å². The molecule has 3 N–H and O–H groups in total. The Morgan fingerprint density at radius 1 is 1.02 bits per heavy atom. The van der Waals surface area contributed by atoms with Crippen LogP contribution >= 0.6 is 0 Å². The van der Waals surface area contributed by atoms with Crippen LogP contribution in [0.5, 0.6) is 0 Å². The van der Waals surface area contributed by atoms with Gasteiger partial charge in [0.2, 0.25) is 0 Å². The van der Waals surface area contributed by atoms with Crippen molar-refractivity contribution in [3.8, 4) is 0 Å². The third-order valence-electron chi connectivity index (χ3n) is 6.58. The van der Waals surface area contributed by atoms with E-state index in [1.165, 1.54) is 18.2 Å². The van der Waals surface area contributed by atoms with E-state index in [0.717, 1.165) is 33.6 Å². The molecule has 4 rings (SSSR count). The molecule has 2 unspecified atom stereocenters. The topological polar surface area (TPSA) is 162 Å². The fourth-order valence-corrected chi connectivity index (χ4v) is 4.50. The number of nitrogens with zero attached hydrogens (tertiary/aromatic N) is 3. The van der Waals surface area contributed by atoms with Gasteiger partial charge in [-0.3, -0.25) is 29.4 Å². The molecule has 1 aliphatic heterocycles. The van der Waals surface area contributed by atoms with Gasteiger partial charge in [0.1, 0.15) is 11.6 Å². The second-order valence-corrected chi connectivity index (χ2v) is 9.50. The first-order valence-electron chi connectivity index (χ1n) is 12.6. The van der Waals surface area contributed by atoms with Crippen molar-refractivity contribution in [1.29, 1.82) is 0 Å². The highest BCUT2D eigenvalue weighted by Crippen LogP contribution is 2.26. The van der Waals surface area contributed by atoms with E-state index < -0.39 is 59.0 Å². The molecule has 1 saturated heterocycles. The number of non-ortho nitro benzene ring substituents is 1. The number of nitro groups is 1. The Bertz CT molecular complexity index is 1550. The Hall–Kier alpha value is -5.40. The molecule has 0 saturated carbocycles. The molecule has 14 heteroatoms. The molecule has 1 heterocycles. The number of halogens is 2. The number of benzene rings is 3. The van der Waals surface area contributed by atoms with Gasteiger partial charge in [0, 0.05) is 36.9 Å². The zero-order chi connectivity index (χ0) is 30.6. The van der Waals surface area contributed by atoms with Crippen LogP contribution in [0.2, 0.25) is 0 Å². The van der Waals surface area contributed by atoms with E-state index in [0.29, 0.717) is 6.07 Å². The number of amides is 4. The molecule has 0 aromatic heterocycles. The van der Waals surface area contributed by atoms with Gasteiger partial charge in [-0.1, -0.05) is 29.8 Å². The minimum Gasteiger partial charge on any atom is -0.481 e. The summed E-state index contributed by atoms with van der Waals surface area (Å²) in [5.74, 6) is -4.83. The summed E-state index contributed by atoms with van der Waals surface area (Å²) >= 11 is 0. The van der Waals surface area contributed by atoms with Gasteiger partial charge in [0.05, 0.1) is 23.1 Å². The lowest BCUT2D eigenvalue weighted by molar-refractivity contribution is -0.384. The molecule has 12 nitrogen and oxygen atoms in total. The lowest BCUT2D eigenvalue weighted by Crippen LogP contribution is -2.55. The fraction of sp³-hybridized carbons (Fsp3) is 0.214. The third-order valence-corrected chi connectivity index (χ3v) is 6.58. The van der Waals surface area contributed by atoms with Crippen LogP contribution in [0, 0.1) is 28.7 Å². The lowest BCUT2D eigenvalue weighted by atomic mass is 10.0. The largest absolute Gasteiger partial charge is 0.481 e. The molecule has 0 radical (unpaired) electrons. The van der Waals surface area contributed by atoms with Gasteiger partial charge in [-0.2, -0.15) is 0 Å². The van der Waals surface area contributed by atoms with E-state index in [2.05, 4.69) is 10.6 Å². The molecule has 0 aliphatic carbocycles. The quantitative estimate of drug-likeness (QED) is 0.269. The highest BCUT2D eigenvalue weighted by Gasteiger charge is 2.44. The summed E-state index contributed by atoms with van der Waals surface area (Å²) in [5.41, 5.74) is 0.489. The maximum absolute atomic E-state index is 14.3. The normalized spacial score (nSPS) is 15.2. The van der Waals surface area contributed by atoms with E-state index in [-0.39, 0.29) is 35.6 Å². The Kier molecular flexibility index (Phi) is 8.74. The summed E-state index contributed by atoms with van der Waals surface area (Å²) in [6.07, 6.45) is -2.28. The highest BCUT2D eigenvalue weighted by atomic mass is 19.1. The zero-order valence-corrected chi connectivity index (χ0v) is 22.1. The number of rotatable bonds is 8. The van der Waals surface area contributed by atoms with Crippen LogP contribution in [0.4, 0.5) is 25.0 Å². The number of carbonyl (C=O) groups excluding carboxylic acids is 3. The van der Waals surface area contributed by atoms with Crippen LogP contribution in [0.15, 0.2) is 66.7 Å². The standard InChI is InChI=1S/C28H25F2N5O7/c1-16-5-7-17(8-6-16)27(39)33-11-12-34(28(40)32-22-10-9-19(29)14-21(22)30)26(33)25(38)31-23(15-24(36)37)18-3-2-4-20(13-18)35(41)42/h2-10,13-14,23,26H,11-12,15H2,1H3,(H,31,38)(H,32,40)(H,36,37). The number of carbonyl (C=O) groups is 4. The smallest absolute Gasteiger partial charge is 0.324 e. The average molecular weight is 582 g/mol. The maximum Gasteiger partial charge on any atom is 0.324 e. The van der Waals surface area contributed by atoms with Crippen molar-refractivity contribution in [2.75, 3.05) is 18.4 Å². The number of urea groups is 1. The number of hydrogen-bond acceptors (Lipinski definition) is 6. The number of anilines is 1. The van der Waals surface area contributed by atoms with Crippen LogP contribution in [-0.4, -0.2) is 62.9 Å². The van der Waals surface area contributed by atoms with Crippen LogP contribution in [0.3, 0.4) is 0 Å². The van der Waals surface area contributed by atoms with E-state index >= 15 is 0 Å². The zero-order valence-electron chi connectivity index (χ0n) is 22.1. The number of aryl methyl sites for hydroxylation is 1. The summed E-state index contributed by atoms with van der Waals surface area (Å²) in [6, 6.07) is 11.7. The Morgan fingerprint density at radius 3 is 2.36 bits per heavy atom. The first-order valence-corrected chi connectivity index (χ1v) is 12.6. The lowest BCUT2D eigenvalue weighted by Gasteiger charge is -2.31. The molecule has 1 aliphatic rings. The maximum atomic E-state index is 14.3. The average Bonchev–Trinajstić information content (AvgIpc) is 3.39. The number of nitro benzene ring substituents is 1. The number of hydrogen-bond donors (Lipinski definition) is 3. The third kappa shape index (κ3) is 6.66. The summed E-state index contributed by atoms with van der Waals surface area (Å²) in [4.78, 5) is 64.7. The molecule has 218 valence electrons. The molecule has 1 fully saturated rings. The van der Waals surface area contributed by atoms with Crippen LogP contribution < -0.4 is 10.6 Å². The van der Waals surface area contributed by atoms with E-state index in [9.17, 15) is 43.2 Å². The minimum absolute atomic E-state index is 0.107. The predicted molar refractivity (Wildman–Crippen MR) is 144 cm³/mol. The predicted octanol–water partition coefficient (Wildman–Crippen LogP) is 3.83. The summed E-state index contributed by atoms with van der Waals surface area (Å²) in [5, 5.41) is 25.5. The second-order valence-electron chi connectivity index (χ2n) is 9.50. The molecule has 3 aromatic carbocycles. The van der Waals surface area contributed by atoms with Crippen molar-refractivity contribution in [1.82, 2.24) is 15.1 Å². The number of carboxylic acids is 1. The number of carboxylic acid groups (broad SMARTS) is 1. The highest BCUT2D eigenvalue weighted by molar-refractivity contribution is 6.00. The first kappa shape index (κ1) is 29.6. The van der Waals surface area contributed by atoms with Crippen LogP contribution in [0.25, 0.3) is 0 Å². The van der Waals surface area contributed by atoms with E-state index in [1.54, 1.807) is 24.3 Å². The van der Waals surface area contributed by atoms with Crippen molar-refractivity contribution >= 4 is 35.2 Å². The molecule has 3 aromatic rings. The number of nitrogens with one attached hydrogen (secondary N) is 2. The van der Waals surface area contributed by atoms with Crippen molar-refractivity contribution in [3.05, 3.63) is 105 Å². The molecular formula is C28H25F2N5O7. The molecular weight excluding hydrogens is 556 g/mol. The van der Waals surface area contributed by atoms with Crippen LogP contribution in [-0.2, 0) is 9.59 Å². The van der Waals surface area contributed by atoms with Crippen molar-refractivity contribution in [3.63, 3.8) is 0 Å². The van der Waals surface area contributed by atoms with Crippen molar-refractivity contribution in [2.24, 2.45) is 0 Å². The van der Waals surface area contributed by atoms with Gasteiger partial charge in [0.15, 0.2) is 6.17 Å². The SMILES string of the molecule is Cc1ccc(C(=O)N2CCN(C(=O)Nc3ccc(F)cc3F)C2C(=O)NC(CC(=O)O)c2cccc([N+](=O)[O-])c2)cc1. The first-order chi connectivity index (χ1) is 19.9. The minimum atomic E-state index is -1.61. The Labute approximate surface area is 237 Å². The van der Waals surface area contributed by atoms with Crippen LogP contribution in [0.1, 0.15) is 33.9 Å². The van der Waals surface area contributed by atoms with Gasteiger partial charge in [-0.15, -0.1) is 0 Å². The van der Waals surface area contributed by atoms with Gasteiger partial charge in [0.25, 0.3) is 17.5 Å². The molecule has 42 heavy (non-hydrogen) atoms. The Morgan fingerprint density at radius 2 is 1.71 bits per heavy atom. The number of aliphatic carboxylic acids is 1. The molecule has 0 bridgehead atoms. The van der Waals surface area contributed by atoms with Gasteiger partial charge < -0.3 is 20.6 Å². The fourth-order valence-electron chi connectivity index (χ4n) is 4.50.